The van der Waals surface area contributed by atoms with Crippen LogP contribution in [0.1, 0.15) is 44.9 Å². The molecule has 3 aromatic rings. The second-order valence-corrected chi connectivity index (χ2v) is 12.0. The zero-order chi connectivity index (χ0) is 27.7. The van der Waals surface area contributed by atoms with Gasteiger partial charge in [0.15, 0.2) is 16.3 Å². The SMILES string of the molecule is CCOC(=O)C1=C(C)N=c2s/c(=C\c3cc(I)c(O)c(I)c3)c(=O)n2[C@@H]1c1ccc(OC(C)C)c(OC)c1. The third-order valence-corrected chi connectivity index (χ3v) is 8.35. The van der Waals surface area contributed by atoms with Crippen molar-refractivity contribution in [1.29, 1.82) is 0 Å². The predicted octanol–water partition coefficient (Wildman–Crippen LogP) is 4.51. The largest absolute Gasteiger partial charge is 0.506 e. The molecule has 11 heteroatoms. The molecule has 38 heavy (non-hydrogen) atoms. The average Bonchev–Trinajstić information content (AvgIpc) is 3.15. The van der Waals surface area contributed by atoms with Crippen LogP contribution in [0.15, 0.2) is 51.4 Å². The zero-order valence-corrected chi connectivity index (χ0v) is 26.5. The smallest absolute Gasteiger partial charge is 0.338 e. The number of rotatable bonds is 7. The van der Waals surface area contributed by atoms with E-state index in [9.17, 15) is 14.7 Å². The van der Waals surface area contributed by atoms with E-state index < -0.39 is 12.0 Å². The second-order valence-electron chi connectivity index (χ2n) is 8.71. The Kier molecular flexibility index (Phi) is 8.87. The number of ether oxygens (including phenoxy) is 3. The molecule has 2 aromatic carbocycles. The Morgan fingerprint density at radius 3 is 2.50 bits per heavy atom. The van der Waals surface area contributed by atoms with E-state index in [1.807, 2.05) is 19.9 Å². The monoisotopic (exact) mass is 760 g/mol. The summed E-state index contributed by atoms with van der Waals surface area (Å²) in [4.78, 5) is 32.1. The van der Waals surface area contributed by atoms with Crippen LogP contribution in [-0.2, 0) is 9.53 Å². The van der Waals surface area contributed by atoms with Crippen LogP contribution in [0.5, 0.6) is 17.2 Å². The van der Waals surface area contributed by atoms with Gasteiger partial charge in [-0.15, -0.1) is 0 Å². The van der Waals surface area contributed by atoms with E-state index in [1.165, 1.54) is 15.9 Å². The standard InChI is InChI=1S/C27H26I2N2O6S/c1-6-36-26(34)22-14(4)30-27-31(23(22)16-7-8-19(37-13(2)3)20(12-16)35-5)25(33)21(38-27)11-15-9-17(28)24(32)18(29)10-15/h7-13,23,32H,6H2,1-5H3/b21-11-/t23-/m1/s1. The minimum Gasteiger partial charge on any atom is -0.506 e. The molecule has 2 heterocycles. The molecule has 1 aliphatic heterocycles. The molecule has 4 rings (SSSR count). The van der Waals surface area contributed by atoms with Crippen LogP contribution < -0.4 is 24.4 Å². The van der Waals surface area contributed by atoms with E-state index in [2.05, 4.69) is 50.2 Å². The molecule has 1 N–H and O–H groups in total. The Balaban J connectivity index is 1.95. The number of benzene rings is 2. The first kappa shape index (κ1) is 28.6. The van der Waals surface area contributed by atoms with Gasteiger partial charge in [-0.3, -0.25) is 9.36 Å². The third kappa shape index (κ3) is 5.64. The minimum atomic E-state index is -0.769. The molecule has 0 unspecified atom stereocenters. The molecule has 0 saturated heterocycles. The van der Waals surface area contributed by atoms with Crippen LogP contribution in [0.2, 0.25) is 0 Å². The summed E-state index contributed by atoms with van der Waals surface area (Å²) in [6, 6.07) is 8.23. The quantitative estimate of drug-likeness (QED) is 0.282. The van der Waals surface area contributed by atoms with Gasteiger partial charge in [-0.25, -0.2) is 9.79 Å². The Labute approximate surface area is 250 Å². The van der Waals surface area contributed by atoms with E-state index in [0.29, 0.717) is 44.8 Å². The summed E-state index contributed by atoms with van der Waals surface area (Å²) in [6.07, 6.45) is 1.71. The second kappa shape index (κ2) is 11.8. The number of halogens is 2. The van der Waals surface area contributed by atoms with Crippen molar-refractivity contribution < 1.29 is 24.1 Å². The van der Waals surface area contributed by atoms with Gasteiger partial charge in [0.05, 0.1) is 48.8 Å². The first-order valence-electron chi connectivity index (χ1n) is 11.8. The van der Waals surface area contributed by atoms with Gasteiger partial charge in [-0.05, 0) is 114 Å². The van der Waals surface area contributed by atoms with Crippen LogP contribution in [0.3, 0.4) is 0 Å². The third-order valence-electron chi connectivity index (χ3n) is 5.72. The number of phenolic OH excluding ortho intramolecular Hbond substituents is 1. The fourth-order valence-corrected chi connectivity index (χ4v) is 7.00. The number of fused-ring (bicyclic) bond motifs is 1. The van der Waals surface area contributed by atoms with Gasteiger partial charge < -0.3 is 19.3 Å². The number of carbonyl (C=O) groups excluding carboxylic acids is 1. The number of aromatic nitrogens is 1. The highest BCUT2D eigenvalue weighted by Crippen LogP contribution is 2.36. The van der Waals surface area contributed by atoms with Gasteiger partial charge in [-0.1, -0.05) is 17.4 Å². The lowest BCUT2D eigenvalue weighted by molar-refractivity contribution is -0.139. The van der Waals surface area contributed by atoms with Crippen molar-refractivity contribution in [2.24, 2.45) is 4.99 Å². The molecule has 1 atom stereocenters. The van der Waals surface area contributed by atoms with Gasteiger partial charge in [-0.2, -0.15) is 0 Å². The molecule has 0 radical (unpaired) electrons. The first-order chi connectivity index (χ1) is 18.0. The highest BCUT2D eigenvalue weighted by molar-refractivity contribution is 14.1. The van der Waals surface area contributed by atoms with E-state index in [-0.39, 0.29) is 24.0 Å². The lowest BCUT2D eigenvalue weighted by atomic mass is 9.95. The fraction of sp³-hybridized carbons (Fsp3) is 0.296. The first-order valence-corrected chi connectivity index (χ1v) is 14.7. The topological polar surface area (TPSA) is 99.4 Å². The minimum absolute atomic E-state index is 0.0596. The van der Waals surface area contributed by atoms with E-state index in [1.54, 1.807) is 51.3 Å². The maximum Gasteiger partial charge on any atom is 0.338 e. The highest BCUT2D eigenvalue weighted by atomic mass is 127. The number of phenols is 1. The molecular formula is C27H26I2N2O6S. The van der Waals surface area contributed by atoms with Crippen molar-refractivity contribution in [3.05, 3.63) is 79.6 Å². The number of hydrogen-bond acceptors (Lipinski definition) is 8. The summed E-state index contributed by atoms with van der Waals surface area (Å²) < 4.78 is 20.2. The molecule has 0 saturated carbocycles. The number of esters is 1. The van der Waals surface area contributed by atoms with Gasteiger partial charge >= 0.3 is 5.97 Å². The average molecular weight is 760 g/mol. The van der Waals surface area contributed by atoms with E-state index in [4.69, 9.17) is 14.2 Å². The van der Waals surface area contributed by atoms with Crippen LogP contribution >= 0.6 is 56.5 Å². The van der Waals surface area contributed by atoms with Crippen LogP contribution in [0.25, 0.3) is 6.08 Å². The van der Waals surface area contributed by atoms with Crippen LogP contribution in [0, 0.1) is 7.14 Å². The maximum absolute atomic E-state index is 13.8. The van der Waals surface area contributed by atoms with Crippen LogP contribution in [-0.4, -0.2) is 35.5 Å². The lowest BCUT2D eigenvalue weighted by Gasteiger charge is -2.25. The molecule has 0 fully saturated rings. The number of allylic oxidation sites excluding steroid dienone is 1. The molecule has 0 spiro atoms. The van der Waals surface area contributed by atoms with Gasteiger partial charge in [0.25, 0.3) is 5.56 Å². The summed E-state index contributed by atoms with van der Waals surface area (Å²) >= 11 is 5.36. The van der Waals surface area contributed by atoms with E-state index in [0.717, 1.165) is 5.56 Å². The van der Waals surface area contributed by atoms with Gasteiger partial charge in [0.2, 0.25) is 0 Å². The summed E-state index contributed by atoms with van der Waals surface area (Å²) in [5.74, 6) is 0.730. The van der Waals surface area contributed by atoms with Crippen molar-refractivity contribution in [1.82, 2.24) is 4.57 Å². The molecule has 1 aromatic heterocycles. The van der Waals surface area contributed by atoms with Crippen molar-refractivity contribution >= 4 is 68.6 Å². The Bertz CT molecular complexity index is 1600. The molecule has 0 bridgehead atoms. The molecule has 0 amide bonds. The number of carbonyl (C=O) groups is 1. The van der Waals surface area contributed by atoms with Crippen molar-refractivity contribution in [2.45, 2.75) is 39.8 Å². The Morgan fingerprint density at radius 2 is 1.89 bits per heavy atom. The Morgan fingerprint density at radius 1 is 1.21 bits per heavy atom. The number of nitrogens with zero attached hydrogens (tertiary/aromatic N) is 2. The number of hydrogen-bond donors (Lipinski definition) is 1. The summed E-state index contributed by atoms with van der Waals surface area (Å²) in [5, 5.41) is 10.1. The molecule has 8 nitrogen and oxygen atoms in total. The molecular weight excluding hydrogens is 734 g/mol. The predicted molar refractivity (Wildman–Crippen MR) is 163 cm³/mol. The molecule has 0 aliphatic carbocycles. The zero-order valence-electron chi connectivity index (χ0n) is 21.4. The van der Waals surface area contributed by atoms with Crippen molar-refractivity contribution in [3.63, 3.8) is 0 Å². The number of aromatic hydroxyl groups is 1. The summed E-state index contributed by atoms with van der Waals surface area (Å²) in [6.45, 7) is 7.52. The number of thiazole rings is 1. The molecule has 1 aliphatic rings. The normalized spacial score (nSPS) is 15.4. The Hall–Kier alpha value is -2.39. The van der Waals surface area contributed by atoms with E-state index >= 15 is 0 Å². The highest BCUT2D eigenvalue weighted by Gasteiger charge is 2.34. The number of methoxy groups -OCH3 is 1. The lowest BCUT2D eigenvalue weighted by Crippen LogP contribution is -2.40. The molecule has 200 valence electrons. The maximum atomic E-state index is 13.8. The van der Waals surface area contributed by atoms with Crippen LogP contribution in [0.4, 0.5) is 0 Å². The van der Waals surface area contributed by atoms with Gasteiger partial charge in [0.1, 0.15) is 5.75 Å². The van der Waals surface area contributed by atoms with Crippen molar-refractivity contribution in [2.75, 3.05) is 13.7 Å². The van der Waals surface area contributed by atoms with Gasteiger partial charge in [0, 0.05) is 0 Å². The van der Waals surface area contributed by atoms with Crippen molar-refractivity contribution in [3.8, 4) is 17.2 Å². The summed E-state index contributed by atoms with van der Waals surface area (Å²) in [5.41, 5.74) is 1.93. The summed E-state index contributed by atoms with van der Waals surface area (Å²) in [7, 11) is 1.55. The fourth-order valence-electron chi connectivity index (χ4n) is 4.13.